The third kappa shape index (κ3) is 3.76. The van der Waals surface area contributed by atoms with E-state index in [4.69, 9.17) is 0 Å². The summed E-state index contributed by atoms with van der Waals surface area (Å²) in [6.07, 6.45) is 0. The molecule has 3 rings (SSSR count). The Bertz CT molecular complexity index is 948. The maximum absolute atomic E-state index is 12.6. The van der Waals surface area contributed by atoms with Gasteiger partial charge >= 0.3 is 0 Å². The summed E-state index contributed by atoms with van der Waals surface area (Å²) in [6, 6.07) is 17.2. The van der Waals surface area contributed by atoms with Gasteiger partial charge in [-0.1, -0.05) is 49.4 Å². The second kappa shape index (κ2) is 7.30. The van der Waals surface area contributed by atoms with Gasteiger partial charge in [-0.05, 0) is 30.5 Å². The molecule has 1 N–H and O–H groups in total. The molecule has 5 nitrogen and oxygen atoms in total. The number of nitrogens with one attached hydrogen (secondary N) is 1. The van der Waals surface area contributed by atoms with Crippen molar-refractivity contribution in [3.63, 3.8) is 0 Å². The number of benzene rings is 2. The molecule has 0 aliphatic rings. The Morgan fingerprint density at radius 3 is 2.56 bits per heavy atom. The van der Waals surface area contributed by atoms with Crippen LogP contribution in [0.4, 0.5) is 0 Å². The van der Waals surface area contributed by atoms with E-state index in [-0.39, 0.29) is 23.9 Å². The van der Waals surface area contributed by atoms with E-state index in [9.17, 15) is 9.59 Å². The van der Waals surface area contributed by atoms with Crippen molar-refractivity contribution in [3.8, 4) is 0 Å². The summed E-state index contributed by atoms with van der Waals surface area (Å²) in [6.45, 7) is 4.31. The summed E-state index contributed by atoms with van der Waals surface area (Å²) >= 11 is 0. The SMILES string of the molecule is Cc1nc2ccccc2c(=O)n1CC(=O)NC[C@H](C)c1ccccc1. The monoisotopic (exact) mass is 335 g/mol. The number of fused-ring (bicyclic) bond motifs is 1. The molecule has 1 heterocycles. The summed E-state index contributed by atoms with van der Waals surface area (Å²) in [5.74, 6) is 0.553. The Balaban J connectivity index is 1.71. The van der Waals surface area contributed by atoms with Gasteiger partial charge in [-0.2, -0.15) is 0 Å². The topological polar surface area (TPSA) is 64.0 Å². The van der Waals surface area contributed by atoms with E-state index in [0.717, 1.165) is 0 Å². The second-order valence-corrected chi connectivity index (χ2v) is 6.18. The molecular formula is C20H21N3O2. The summed E-state index contributed by atoms with van der Waals surface area (Å²) in [7, 11) is 0. The summed E-state index contributed by atoms with van der Waals surface area (Å²) in [4.78, 5) is 29.3. The number of nitrogens with zero attached hydrogens (tertiary/aromatic N) is 2. The van der Waals surface area contributed by atoms with Crippen LogP contribution < -0.4 is 10.9 Å². The van der Waals surface area contributed by atoms with E-state index in [0.29, 0.717) is 23.3 Å². The Kier molecular flexibility index (Phi) is 4.93. The normalized spacial score (nSPS) is 12.1. The number of hydrogen-bond donors (Lipinski definition) is 1. The van der Waals surface area contributed by atoms with Crippen LogP contribution in [-0.4, -0.2) is 22.0 Å². The molecule has 1 amide bonds. The zero-order chi connectivity index (χ0) is 17.8. The van der Waals surface area contributed by atoms with E-state index < -0.39 is 0 Å². The highest BCUT2D eigenvalue weighted by atomic mass is 16.2. The molecule has 128 valence electrons. The van der Waals surface area contributed by atoms with Crippen LogP contribution in [0, 0.1) is 6.92 Å². The minimum atomic E-state index is -0.190. The molecular weight excluding hydrogens is 314 g/mol. The van der Waals surface area contributed by atoms with Gasteiger partial charge in [0.15, 0.2) is 0 Å². The van der Waals surface area contributed by atoms with E-state index >= 15 is 0 Å². The minimum Gasteiger partial charge on any atom is -0.354 e. The highest BCUT2D eigenvalue weighted by molar-refractivity contribution is 5.79. The van der Waals surface area contributed by atoms with Gasteiger partial charge in [0.05, 0.1) is 10.9 Å². The zero-order valence-corrected chi connectivity index (χ0v) is 14.4. The fraction of sp³-hybridized carbons (Fsp3) is 0.250. The van der Waals surface area contributed by atoms with Crippen molar-refractivity contribution in [3.05, 3.63) is 76.3 Å². The molecule has 0 saturated heterocycles. The molecule has 2 aromatic carbocycles. The lowest BCUT2D eigenvalue weighted by molar-refractivity contribution is -0.121. The molecule has 0 fully saturated rings. The highest BCUT2D eigenvalue weighted by Gasteiger charge is 2.12. The predicted molar refractivity (Wildman–Crippen MR) is 98.6 cm³/mol. The highest BCUT2D eigenvalue weighted by Crippen LogP contribution is 2.13. The van der Waals surface area contributed by atoms with E-state index in [1.165, 1.54) is 10.1 Å². The fourth-order valence-electron chi connectivity index (χ4n) is 2.83. The fourth-order valence-corrected chi connectivity index (χ4v) is 2.83. The van der Waals surface area contributed by atoms with Crippen LogP contribution in [-0.2, 0) is 11.3 Å². The molecule has 0 spiro atoms. The smallest absolute Gasteiger partial charge is 0.261 e. The van der Waals surface area contributed by atoms with E-state index in [2.05, 4.69) is 17.2 Å². The summed E-state index contributed by atoms with van der Waals surface area (Å²) in [5.41, 5.74) is 1.64. The van der Waals surface area contributed by atoms with Crippen LogP contribution in [0.1, 0.15) is 24.2 Å². The summed E-state index contributed by atoms with van der Waals surface area (Å²) in [5, 5.41) is 3.43. The number of aromatic nitrogens is 2. The van der Waals surface area contributed by atoms with Gasteiger partial charge < -0.3 is 5.32 Å². The lowest BCUT2D eigenvalue weighted by atomic mass is 10.0. The van der Waals surface area contributed by atoms with Gasteiger partial charge in [0, 0.05) is 6.54 Å². The first-order valence-electron chi connectivity index (χ1n) is 8.34. The van der Waals surface area contributed by atoms with Crippen molar-refractivity contribution >= 4 is 16.8 Å². The second-order valence-electron chi connectivity index (χ2n) is 6.18. The standard InChI is InChI=1S/C20H21N3O2/c1-14(16-8-4-3-5-9-16)12-21-19(24)13-23-15(2)22-18-11-7-6-10-17(18)20(23)25/h3-11,14H,12-13H2,1-2H3,(H,21,24)/t14-/m0/s1. The summed E-state index contributed by atoms with van der Waals surface area (Å²) < 4.78 is 1.42. The van der Waals surface area contributed by atoms with Gasteiger partial charge in [-0.15, -0.1) is 0 Å². The average Bonchev–Trinajstić information content (AvgIpc) is 2.64. The number of carbonyl (C=O) groups excluding carboxylic acids is 1. The number of rotatable bonds is 5. The number of amides is 1. The molecule has 0 aliphatic carbocycles. The maximum Gasteiger partial charge on any atom is 0.261 e. The van der Waals surface area contributed by atoms with Gasteiger partial charge in [0.1, 0.15) is 12.4 Å². The number of carbonyl (C=O) groups is 1. The molecule has 1 aromatic heterocycles. The molecule has 3 aromatic rings. The quantitative estimate of drug-likeness (QED) is 0.779. The largest absolute Gasteiger partial charge is 0.354 e. The molecule has 0 bridgehead atoms. The van der Waals surface area contributed by atoms with Crippen molar-refractivity contribution in [2.24, 2.45) is 0 Å². The van der Waals surface area contributed by atoms with E-state index in [1.54, 1.807) is 25.1 Å². The van der Waals surface area contributed by atoms with Gasteiger partial charge in [-0.25, -0.2) is 4.98 Å². The van der Waals surface area contributed by atoms with Crippen LogP contribution in [0.15, 0.2) is 59.4 Å². The average molecular weight is 335 g/mol. The zero-order valence-electron chi connectivity index (χ0n) is 14.4. The third-order valence-electron chi connectivity index (χ3n) is 4.33. The third-order valence-corrected chi connectivity index (χ3v) is 4.33. The van der Waals surface area contributed by atoms with Gasteiger partial charge in [0.2, 0.25) is 5.91 Å². The van der Waals surface area contributed by atoms with E-state index in [1.807, 2.05) is 36.4 Å². The van der Waals surface area contributed by atoms with Crippen LogP contribution in [0.5, 0.6) is 0 Å². The molecule has 1 atom stereocenters. The lowest BCUT2D eigenvalue weighted by Crippen LogP contribution is -2.35. The van der Waals surface area contributed by atoms with Crippen LogP contribution in [0.2, 0.25) is 0 Å². The minimum absolute atomic E-state index is 0.0238. The Hall–Kier alpha value is -2.95. The van der Waals surface area contributed by atoms with Crippen LogP contribution >= 0.6 is 0 Å². The lowest BCUT2D eigenvalue weighted by Gasteiger charge is -2.14. The van der Waals surface area contributed by atoms with Crippen molar-refractivity contribution in [2.45, 2.75) is 26.3 Å². The van der Waals surface area contributed by atoms with Gasteiger partial charge in [-0.3, -0.25) is 14.2 Å². The molecule has 0 aliphatic heterocycles. The molecule has 5 heteroatoms. The first kappa shape index (κ1) is 16.9. The van der Waals surface area contributed by atoms with Crippen LogP contribution in [0.25, 0.3) is 10.9 Å². The maximum atomic E-state index is 12.6. The number of para-hydroxylation sites is 1. The molecule has 0 unspecified atom stereocenters. The molecule has 25 heavy (non-hydrogen) atoms. The Morgan fingerprint density at radius 2 is 1.80 bits per heavy atom. The van der Waals surface area contributed by atoms with Crippen molar-refractivity contribution in [1.29, 1.82) is 0 Å². The Morgan fingerprint density at radius 1 is 1.12 bits per heavy atom. The number of aryl methyl sites for hydroxylation is 1. The van der Waals surface area contributed by atoms with Crippen molar-refractivity contribution in [2.75, 3.05) is 6.54 Å². The first-order valence-corrected chi connectivity index (χ1v) is 8.34. The predicted octanol–water partition coefficient (Wildman–Crippen LogP) is 2.62. The van der Waals surface area contributed by atoms with Crippen molar-refractivity contribution < 1.29 is 4.79 Å². The first-order chi connectivity index (χ1) is 12.1. The van der Waals surface area contributed by atoms with Crippen molar-refractivity contribution in [1.82, 2.24) is 14.9 Å². The van der Waals surface area contributed by atoms with Gasteiger partial charge in [0.25, 0.3) is 5.56 Å². The number of hydrogen-bond acceptors (Lipinski definition) is 3. The molecule has 0 radical (unpaired) electrons. The van der Waals surface area contributed by atoms with Crippen LogP contribution in [0.3, 0.4) is 0 Å². The molecule has 0 saturated carbocycles. The Labute approximate surface area is 146 Å².